The van der Waals surface area contributed by atoms with Gasteiger partial charge in [-0.25, -0.2) is 4.99 Å². The highest BCUT2D eigenvalue weighted by Crippen LogP contribution is 2.14. The molecule has 6 heteroatoms. The van der Waals surface area contributed by atoms with E-state index < -0.39 is 6.10 Å². The average molecular weight is 411 g/mol. The maximum Gasteiger partial charge on any atom is 0.251 e. The monoisotopic (exact) mass is 410 g/mol. The normalized spacial score (nSPS) is 12.3. The second-order valence-corrected chi connectivity index (χ2v) is 7.14. The lowest BCUT2D eigenvalue weighted by molar-refractivity contribution is 0.0953. The minimum absolute atomic E-state index is 0.0366. The van der Waals surface area contributed by atoms with Gasteiger partial charge in [-0.1, -0.05) is 55.8 Å². The quantitative estimate of drug-likeness (QED) is 0.260. The van der Waals surface area contributed by atoms with Gasteiger partial charge in [-0.15, -0.1) is 0 Å². The van der Waals surface area contributed by atoms with Crippen molar-refractivity contribution in [2.45, 2.75) is 45.8 Å². The zero-order valence-corrected chi connectivity index (χ0v) is 18.0. The van der Waals surface area contributed by atoms with E-state index in [2.05, 4.69) is 27.9 Å². The molecule has 0 aliphatic rings. The molecule has 2 aromatic carbocycles. The van der Waals surface area contributed by atoms with E-state index >= 15 is 0 Å². The van der Waals surface area contributed by atoms with Gasteiger partial charge in [-0.2, -0.15) is 0 Å². The van der Waals surface area contributed by atoms with Crippen LogP contribution in [0.5, 0.6) is 0 Å². The Bertz CT molecular complexity index is 776. The number of aliphatic imine (C=N–C) groups is 1. The molecular formula is C24H34N4O2. The van der Waals surface area contributed by atoms with Crippen molar-refractivity contribution < 1.29 is 9.90 Å². The highest BCUT2D eigenvalue weighted by molar-refractivity contribution is 5.94. The number of amides is 1. The Morgan fingerprint density at radius 1 is 0.967 bits per heavy atom. The first-order valence-corrected chi connectivity index (χ1v) is 10.8. The summed E-state index contributed by atoms with van der Waals surface area (Å²) in [7, 11) is 0. The SMILES string of the molecule is CCCCNC(=O)c1ccc(CN=C(NCC)NCCC(O)c2ccccc2)cc1. The Morgan fingerprint density at radius 2 is 1.70 bits per heavy atom. The van der Waals surface area contributed by atoms with Crippen LogP contribution >= 0.6 is 0 Å². The Balaban J connectivity index is 1.84. The summed E-state index contributed by atoms with van der Waals surface area (Å²) in [6.45, 7) is 6.69. The fourth-order valence-electron chi connectivity index (χ4n) is 2.92. The summed E-state index contributed by atoms with van der Waals surface area (Å²) in [6, 6.07) is 17.2. The van der Waals surface area contributed by atoms with Gasteiger partial charge in [0.2, 0.25) is 0 Å². The fraction of sp³-hybridized carbons (Fsp3) is 0.417. The van der Waals surface area contributed by atoms with E-state index in [1.165, 1.54) is 0 Å². The standard InChI is InChI=1S/C24H34N4O2/c1-3-5-16-26-23(30)21-13-11-19(12-14-21)18-28-24(25-4-2)27-17-15-22(29)20-9-7-6-8-10-20/h6-14,22,29H,3-5,15-18H2,1-2H3,(H,26,30)(H2,25,27,28). The molecule has 1 unspecified atom stereocenters. The lowest BCUT2D eigenvalue weighted by Gasteiger charge is -2.14. The second kappa shape index (κ2) is 13.4. The Kier molecular flexibility index (Phi) is 10.4. The first kappa shape index (κ1) is 23.4. The van der Waals surface area contributed by atoms with E-state index in [-0.39, 0.29) is 5.91 Å². The van der Waals surface area contributed by atoms with E-state index in [9.17, 15) is 9.90 Å². The van der Waals surface area contributed by atoms with Gasteiger partial charge in [-0.3, -0.25) is 4.79 Å². The van der Waals surface area contributed by atoms with Crippen LogP contribution in [0.3, 0.4) is 0 Å². The highest BCUT2D eigenvalue weighted by Gasteiger charge is 2.07. The maximum atomic E-state index is 12.1. The Labute approximate surface area is 179 Å². The lowest BCUT2D eigenvalue weighted by Crippen LogP contribution is -2.38. The number of guanidine groups is 1. The maximum absolute atomic E-state index is 12.1. The molecule has 0 aliphatic heterocycles. The smallest absolute Gasteiger partial charge is 0.251 e. The molecule has 6 nitrogen and oxygen atoms in total. The van der Waals surface area contributed by atoms with Gasteiger partial charge in [0, 0.05) is 25.2 Å². The molecule has 0 radical (unpaired) electrons. The number of hydrogen-bond acceptors (Lipinski definition) is 3. The van der Waals surface area contributed by atoms with E-state index in [4.69, 9.17) is 0 Å². The average Bonchev–Trinajstić information content (AvgIpc) is 2.78. The molecule has 1 atom stereocenters. The van der Waals surface area contributed by atoms with Crippen LogP contribution in [0, 0.1) is 0 Å². The molecule has 162 valence electrons. The largest absolute Gasteiger partial charge is 0.388 e. The van der Waals surface area contributed by atoms with E-state index in [1.807, 2.05) is 61.5 Å². The zero-order chi connectivity index (χ0) is 21.6. The molecule has 0 fully saturated rings. The van der Waals surface area contributed by atoms with Crippen molar-refractivity contribution in [3.8, 4) is 0 Å². The zero-order valence-electron chi connectivity index (χ0n) is 18.0. The molecule has 2 aromatic rings. The number of hydrogen-bond donors (Lipinski definition) is 4. The molecule has 2 rings (SSSR count). The number of aliphatic hydroxyl groups excluding tert-OH is 1. The van der Waals surface area contributed by atoms with Gasteiger partial charge >= 0.3 is 0 Å². The predicted molar refractivity (Wildman–Crippen MR) is 123 cm³/mol. The molecule has 0 heterocycles. The highest BCUT2D eigenvalue weighted by atomic mass is 16.3. The van der Waals surface area contributed by atoms with Crippen molar-refractivity contribution in [3.63, 3.8) is 0 Å². The first-order chi connectivity index (χ1) is 14.6. The molecule has 0 bridgehead atoms. The van der Waals surface area contributed by atoms with Crippen molar-refractivity contribution in [1.82, 2.24) is 16.0 Å². The van der Waals surface area contributed by atoms with Gasteiger partial charge in [-0.05, 0) is 43.0 Å². The number of nitrogens with zero attached hydrogens (tertiary/aromatic N) is 1. The first-order valence-electron chi connectivity index (χ1n) is 10.8. The van der Waals surface area contributed by atoms with Crippen LogP contribution in [0.1, 0.15) is 60.7 Å². The molecule has 0 saturated carbocycles. The summed E-state index contributed by atoms with van der Waals surface area (Å²) in [6.07, 6.45) is 2.14. The van der Waals surface area contributed by atoms with Crippen molar-refractivity contribution in [1.29, 1.82) is 0 Å². The van der Waals surface area contributed by atoms with E-state index in [0.29, 0.717) is 37.6 Å². The van der Waals surface area contributed by atoms with E-state index in [0.717, 1.165) is 30.5 Å². The van der Waals surface area contributed by atoms with Gasteiger partial charge in [0.1, 0.15) is 0 Å². The third-order valence-corrected chi connectivity index (χ3v) is 4.69. The summed E-state index contributed by atoms with van der Waals surface area (Å²) in [5.74, 6) is 0.671. The van der Waals surface area contributed by atoms with Crippen LogP contribution in [-0.2, 0) is 6.54 Å². The Hall–Kier alpha value is -2.86. The molecule has 30 heavy (non-hydrogen) atoms. The van der Waals surface area contributed by atoms with E-state index in [1.54, 1.807) is 0 Å². The topological polar surface area (TPSA) is 85.8 Å². The third kappa shape index (κ3) is 8.25. The van der Waals surface area contributed by atoms with Crippen LogP contribution in [0.15, 0.2) is 59.6 Å². The molecular weight excluding hydrogens is 376 g/mol. The molecule has 0 aromatic heterocycles. The molecule has 0 aliphatic carbocycles. The lowest BCUT2D eigenvalue weighted by atomic mass is 10.1. The third-order valence-electron chi connectivity index (χ3n) is 4.69. The summed E-state index contributed by atoms with van der Waals surface area (Å²) < 4.78 is 0. The minimum atomic E-state index is -0.502. The number of carbonyl (C=O) groups is 1. The van der Waals surface area contributed by atoms with Gasteiger partial charge in [0.25, 0.3) is 5.91 Å². The fourth-order valence-corrected chi connectivity index (χ4v) is 2.92. The second-order valence-electron chi connectivity index (χ2n) is 7.14. The van der Waals surface area contributed by atoms with Crippen LogP contribution < -0.4 is 16.0 Å². The number of rotatable bonds is 11. The number of benzene rings is 2. The minimum Gasteiger partial charge on any atom is -0.388 e. The van der Waals surface area contributed by atoms with Crippen LogP contribution in [0.2, 0.25) is 0 Å². The summed E-state index contributed by atoms with van der Waals surface area (Å²) >= 11 is 0. The summed E-state index contributed by atoms with van der Waals surface area (Å²) in [4.78, 5) is 16.7. The van der Waals surface area contributed by atoms with Crippen molar-refractivity contribution >= 4 is 11.9 Å². The molecule has 0 saturated heterocycles. The van der Waals surface area contributed by atoms with Gasteiger partial charge in [0.05, 0.1) is 12.6 Å². The van der Waals surface area contributed by atoms with Gasteiger partial charge in [0.15, 0.2) is 5.96 Å². The number of carbonyl (C=O) groups excluding carboxylic acids is 1. The molecule has 1 amide bonds. The van der Waals surface area contributed by atoms with Crippen LogP contribution in [0.4, 0.5) is 0 Å². The van der Waals surface area contributed by atoms with Crippen molar-refractivity contribution in [2.24, 2.45) is 4.99 Å². The number of nitrogens with one attached hydrogen (secondary N) is 3. The van der Waals surface area contributed by atoms with Crippen molar-refractivity contribution in [2.75, 3.05) is 19.6 Å². The summed E-state index contributed by atoms with van der Waals surface area (Å²) in [5, 5.41) is 19.7. The predicted octanol–water partition coefficient (Wildman–Crippen LogP) is 3.40. The van der Waals surface area contributed by atoms with Crippen molar-refractivity contribution in [3.05, 3.63) is 71.3 Å². The molecule has 0 spiro atoms. The van der Waals surface area contributed by atoms with Crippen LogP contribution in [-0.4, -0.2) is 36.6 Å². The summed E-state index contributed by atoms with van der Waals surface area (Å²) in [5.41, 5.74) is 2.61. The molecule has 4 N–H and O–H groups in total. The number of aliphatic hydroxyl groups is 1. The number of unbranched alkanes of at least 4 members (excludes halogenated alkanes) is 1. The van der Waals surface area contributed by atoms with Crippen LogP contribution in [0.25, 0.3) is 0 Å². The van der Waals surface area contributed by atoms with Gasteiger partial charge < -0.3 is 21.1 Å². The Morgan fingerprint density at radius 3 is 2.37 bits per heavy atom.